The molecule has 1 aliphatic rings. The second kappa shape index (κ2) is 5.07. The number of aliphatic hydroxyl groups excluding tert-OH is 1. The lowest BCUT2D eigenvalue weighted by Crippen LogP contribution is -2.05. The van der Waals surface area contributed by atoms with Crippen LogP contribution in [0, 0.1) is 0 Å². The number of hydrogen-bond acceptors (Lipinski definition) is 4. The third-order valence-electron chi connectivity index (χ3n) is 3.27. The maximum atomic E-state index is 10.3. The van der Waals surface area contributed by atoms with E-state index < -0.39 is 6.10 Å². The van der Waals surface area contributed by atoms with Crippen LogP contribution >= 0.6 is 23.1 Å². The Morgan fingerprint density at radius 1 is 1.56 bits per heavy atom. The van der Waals surface area contributed by atoms with Crippen molar-refractivity contribution in [3.05, 3.63) is 39.6 Å². The number of imidazole rings is 1. The Morgan fingerprint density at radius 3 is 3.17 bits per heavy atom. The van der Waals surface area contributed by atoms with Crippen LogP contribution in [0.4, 0.5) is 0 Å². The number of aromatic nitrogens is 2. The number of aliphatic hydroxyl groups is 1. The Bertz CT molecular complexity index is 523. The molecule has 2 aromatic heterocycles. The average molecular weight is 280 g/mol. The van der Waals surface area contributed by atoms with E-state index in [4.69, 9.17) is 0 Å². The van der Waals surface area contributed by atoms with E-state index in [2.05, 4.69) is 11.1 Å². The van der Waals surface area contributed by atoms with Crippen molar-refractivity contribution in [1.82, 2.24) is 9.55 Å². The molecule has 1 unspecified atom stereocenters. The van der Waals surface area contributed by atoms with Gasteiger partial charge in [0.15, 0.2) is 0 Å². The Kier molecular flexibility index (Phi) is 3.46. The lowest BCUT2D eigenvalue weighted by atomic mass is 10.1. The van der Waals surface area contributed by atoms with E-state index in [9.17, 15) is 5.11 Å². The summed E-state index contributed by atoms with van der Waals surface area (Å²) in [5, 5.41) is 10.3. The molecule has 0 fully saturated rings. The van der Waals surface area contributed by atoms with Gasteiger partial charge in [0.05, 0.1) is 6.10 Å². The van der Waals surface area contributed by atoms with Gasteiger partial charge in [0.1, 0.15) is 5.82 Å². The monoisotopic (exact) mass is 280 g/mol. The van der Waals surface area contributed by atoms with Crippen LogP contribution in [0.2, 0.25) is 0 Å². The standard InChI is InChI=1S/C13H16N2OS2/c1-15-4-3-14-13(15)7-10(16)12-6-9-8-17-5-2-11(9)18-12/h3-4,6,10,16H,2,5,7-8H2,1H3. The summed E-state index contributed by atoms with van der Waals surface area (Å²) in [5.41, 5.74) is 1.42. The van der Waals surface area contributed by atoms with E-state index in [1.54, 1.807) is 17.5 Å². The molecule has 3 heterocycles. The predicted octanol–water partition coefficient (Wildman–Crippen LogP) is 2.55. The van der Waals surface area contributed by atoms with Gasteiger partial charge in [-0.05, 0) is 23.8 Å². The SMILES string of the molecule is Cn1ccnc1CC(O)c1cc2c(s1)CCSC2. The summed E-state index contributed by atoms with van der Waals surface area (Å²) in [5.74, 6) is 3.24. The van der Waals surface area contributed by atoms with Gasteiger partial charge < -0.3 is 9.67 Å². The van der Waals surface area contributed by atoms with Crippen LogP contribution in [0.25, 0.3) is 0 Å². The zero-order valence-corrected chi connectivity index (χ0v) is 11.9. The van der Waals surface area contributed by atoms with Gasteiger partial charge in [0, 0.05) is 41.4 Å². The molecule has 3 nitrogen and oxygen atoms in total. The molecule has 1 aliphatic heterocycles. The number of rotatable bonds is 3. The summed E-state index contributed by atoms with van der Waals surface area (Å²) in [6, 6.07) is 2.18. The van der Waals surface area contributed by atoms with Crippen LogP contribution in [0.15, 0.2) is 18.5 Å². The van der Waals surface area contributed by atoms with Gasteiger partial charge in [-0.2, -0.15) is 11.8 Å². The van der Waals surface area contributed by atoms with Crippen molar-refractivity contribution in [2.45, 2.75) is 24.7 Å². The summed E-state index contributed by atoms with van der Waals surface area (Å²) in [4.78, 5) is 6.82. The second-order valence-corrected chi connectivity index (χ2v) is 6.85. The normalized spacial score (nSPS) is 16.6. The number of aryl methyl sites for hydroxylation is 2. The van der Waals surface area contributed by atoms with E-state index in [0.717, 1.165) is 22.9 Å². The summed E-state index contributed by atoms with van der Waals surface area (Å²) in [6.45, 7) is 0. The fourth-order valence-electron chi connectivity index (χ4n) is 2.20. The zero-order valence-electron chi connectivity index (χ0n) is 10.3. The number of thioether (sulfide) groups is 1. The molecule has 0 amide bonds. The molecular weight excluding hydrogens is 264 g/mol. The molecule has 5 heteroatoms. The number of nitrogens with zero attached hydrogens (tertiary/aromatic N) is 2. The fraction of sp³-hybridized carbons (Fsp3) is 0.462. The maximum absolute atomic E-state index is 10.3. The first-order valence-corrected chi connectivity index (χ1v) is 8.04. The highest BCUT2D eigenvalue weighted by Crippen LogP contribution is 2.35. The largest absolute Gasteiger partial charge is 0.387 e. The van der Waals surface area contributed by atoms with Crippen molar-refractivity contribution in [3.63, 3.8) is 0 Å². The molecule has 0 saturated heterocycles. The molecule has 2 aromatic rings. The van der Waals surface area contributed by atoms with Crippen molar-refractivity contribution in [2.75, 3.05) is 5.75 Å². The molecule has 0 aromatic carbocycles. The van der Waals surface area contributed by atoms with E-state index in [1.807, 2.05) is 29.6 Å². The van der Waals surface area contributed by atoms with Crippen molar-refractivity contribution in [3.8, 4) is 0 Å². The first-order chi connectivity index (χ1) is 8.74. The Hall–Kier alpha value is -0.780. The van der Waals surface area contributed by atoms with Crippen LogP contribution in [0.3, 0.4) is 0 Å². The predicted molar refractivity (Wildman–Crippen MR) is 76.1 cm³/mol. The molecule has 0 aliphatic carbocycles. The minimum atomic E-state index is -0.424. The highest BCUT2D eigenvalue weighted by Gasteiger charge is 2.19. The Labute approximate surface area is 115 Å². The van der Waals surface area contributed by atoms with Gasteiger partial charge in [-0.15, -0.1) is 11.3 Å². The lowest BCUT2D eigenvalue weighted by molar-refractivity contribution is 0.178. The Morgan fingerprint density at radius 2 is 2.44 bits per heavy atom. The van der Waals surface area contributed by atoms with Crippen molar-refractivity contribution in [1.29, 1.82) is 0 Å². The van der Waals surface area contributed by atoms with Crippen molar-refractivity contribution in [2.24, 2.45) is 7.05 Å². The smallest absolute Gasteiger partial charge is 0.111 e. The highest BCUT2D eigenvalue weighted by molar-refractivity contribution is 7.98. The highest BCUT2D eigenvalue weighted by atomic mass is 32.2. The van der Waals surface area contributed by atoms with Gasteiger partial charge in [-0.3, -0.25) is 0 Å². The molecule has 3 rings (SSSR count). The molecule has 0 bridgehead atoms. The third kappa shape index (κ3) is 2.35. The van der Waals surface area contributed by atoms with Crippen LogP contribution < -0.4 is 0 Å². The lowest BCUT2D eigenvalue weighted by Gasteiger charge is -2.08. The quantitative estimate of drug-likeness (QED) is 0.939. The zero-order chi connectivity index (χ0) is 12.5. The fourth-order valence-corrected chi connectivity index (χ4v) is 4.56. The van der Waals surface area contributed by atoms with Crippen LogP contribution in [0.1, 0.15) is 27.2 Å². The molecule has 96 valence electrons. The molecule has 0 saturated carbocycles. The topological polar surface area (TPSA) is 38.0 Å². The van der Waals surface area contributed by atoms with Gasteiger partial charge in [0.2, 0.25) is 0 Å². The minimum absolute atomic E-state index is 0.424. The van der Waals surface area contributed by atoms with E-state index in [1.165, 1.54) is 16.2 Å². The number of hydrogen-bond donors (Lipinski definition) is 1. The van der Waals surface area contributed by atoms with Gasteiger partial charge in [0.25, 0.3) is 0 Å². The van der Waals surface area contributed by atoms with E-state index in [-0.39, 0.29) is 0 Å². The van der Waals surface area contributed by atoms with Gasteiger partial charge >= 0.3 is 0 Å². The second-order valence-electron chi connectivity index (χ2n) is 4.57. The number of thiophene rings is 1. The van der Waals surface area contributed by atoms with E-state index >= 15 is 0 Å². The third-order valence-corrected chi connectivity index (χ3v) is 5.62. The molecular formula is C13H16N2OS2. The maximum Gasteiger partial charge on any atom is 0.111 e. The van der Waals surface area contributed by atoms with E-state index in [0.29, 0.717) is 6.42 Å². The van der Waals surface area contributed by atoms with Gasteiger partial charge in [-0.25, -0.2) is 4.98 Å². The minimum Gasteiger partial charge on any atom is -0.387 e. The number of fused-ring (bicyclic) bond motifs is 1. The molecule has 18 heavy (non-hydrogen) atoms. The summed E-state index contributed by atoms with van der Waals surface area (Å²) in [6.07, 6.45) is 5.01. The molecule has 0 radical (unpaired) electrons. The van der Waals surface area contributed by atoms with Crippen molar-refractivity contribution < 1.29 is 5.11 Å². The van der Waals surface area contributed by atoms with Crippen LogP contribution in [-0.2, 0) is 25.6 Å². The first-order valence-electron chi connectivity index (χ1n) is 6.07. The first kappa shape index (κ1) is 12.3. The molecule has 1 N–H and O–H groups in total. The Balaban J connectivity index is 1.78. The van der Waals surface area contributed by atoms with Crippen LogP contribution in [-0.4, -0.2) is 20.4 Å². The summed E-state index contributed by atoms with van der Waals surface area (Å²) < 4.78 is 1.96. The summed E-state index contributed by atoms with van der Waals surface area (Å²) in [7, 11) is 1.96. The van der Waals surface area contributed by atoms with Gasteiger partial charge in [-0.1, -0.05) is 0 Å². The van der Waals surface area contributed by atoms with Crippen LogP contribution in [0.5, 0.6) is 0 Å². The van der Waals surface area contributed by atoms with Crippen molar-refractivity contribution >= 4 is 23.1 Å². The molecule has 0 spiro atoms. The average Bonchev–Trinajstić information content (AvgIpc) is 2.96. The summed E-state index contributed by atoms with van der Waals surface area (Å²) >= 11 is 3.75. The molecule has 1 atom stereocenters.